The number of carbonyl (C=O) groups is 4. The van der Waals surface area contributed by atoms with E-state index in [0.29, 0.717) is 17.1 Å². The molecule has 0 spiro atoms. The summed E-state index contributed by atoms with van der Waals surface area (Å²) in [7, 11) is 0. The Morgan fingerprint density at radius 3 is 2.48 bits per heavy atom. The predicted molar refractivity (Wildman–Crippen MR) is 103 cm³/mol. The Labute approximate surface area is 166 Å². The zero-order valence-corrected chi connectivity index (χ0v) is 15.6. The average molecular weight is 397 g/mol. The third-order valence-electron chi connectivity index (χ3n) is 4.05. The van der Waals surface area contributed by atoms with Crippen molar-refractivity contribution < 1.29 is 28.7 Å². The highest BCUT2D eigenvalue weighted by molar-refractivity contribution is 6.02. The second-order valence-corrected chi connectivity index (χ2v) is 6.18. The van der Waals surface area contributed by atoms with Crippen molar-refractivity contribution in [1.82, 2.24) is 5.32 Å². The van der Waals surface area contributed by atoms with E-state index < -0.39 is 30.6 Å². The standard InChI is InChI=1S/C20H19N3O6/c1-13(24)23-11-17(29-16-10-6-5-9-15(16)23)19(26)28-12-18(25)22-20(27)21-14-7-3-2-4-8-14/h2-10,17H,11-12H2,1H3,(H2,21,22,25,27)/t17-/m1/s1. The molecule has 29 heavy (non-hydrogen) atoms. The number of esters is 1. The highest BCUT2D eigenvalue weighted by atomic mass is 16.6. The molecule has 150 valence electrons. The molecule has 0 fully saturated rings. The zero-order chi connectivity index (χ0) is 20.8. The maximum absolute atomic E-state index is 12.3. The van der Waals surface area contributed by atoms with E-state index in [-0.39, 0.29) is 12.5 Å². The number of nitrogens with zero attached hydrogens (tertiary/aromatic N) is 1. The van der Waals surface area contributed by atoms with Crippen LogP contribution in [0.25, 0.3) is 0 Å². The summed E-state index contributed by atoms with van der Waals surface area (Å²) in [4.78, 5) is 49.2. The van der Waals surface area contributed by atoms with Gasteiger partial charge in [0.25, 0.3) is 5.91 Å². The van der Waals surface area contributed by atoms with Crippen molar-refractivity contribution in [1.29, 1.82) is 0 Å². The van der Waals surface area contributed by atoms with Gasteiger partial charge in [-0.15, -0.1) is 0 Å². The van der Waals surface area contributed by atoms with Crippen molar-refractivity contribution in [3.05, 3.63) is 54.6 Å². The van der Waals surface area contributed by atoms with Gasteiger partial charge in [0.15, 0.2) is 6.61 Å². The summed E-state index contributed by atoms with van der Waals surface area (Å²) >= 11 is 0. The lowest BCUT2D eigenvalue weighted by Crippen LogP contribution is -2.47. The summed E-state index contributed by atoms with van der Waals surface area (Å²) in [5.74, 6) is -1.51. The number of urea groups is 1. The number of imide groups is 1. The van der Waals surface area contributed by atoms with Crippen molar-refractivity contribution in [2.75, 3.05) is 23.4 Å². The molecule has 1 aliphatic rings. The highest BCUT2D eigenvalue weighted by Crippen LogP contribution is 2.33. The molecule has 4 amide bonds. The van der Waals surface area contributed by atoms with Crippen LogP contribution in [0.15, 0.2) is 54.6 Å². The van der Waals surface area contributed by atoms with Crippen molar-refractivity contribution in [2.24, 2.45) is 0 Å². The van der Waals surface area contributed by atoms with E-state index in [0.717, 1.165) is 0 Å². The molecule has 0 aromatic heterocycles. The lowest BCUT2D eigenvalue weighted by molar-refractivity contribution is -0.155. The summed E-state index contributed by atoms with van der Waals surface area (Å²) in [6.07, 6.45) is -1.08. The van der Waals surface area contributed by atoms with Gasteiger partial charge in [-0.3, -0.25) is 14.9 Å². The van der Waals surface area contributed by atoms with Gasteiger partial charge >= 0.3 is 12.0 Å². The fourth-order valence-electron chi connectivity index (χ4n) is 2.73. The molecule has 2 N–H and O–H groups in total. The smallest absolute Gasteiger partial charge is 0.349 e. The Kier molecular flexibility index (Phi) is 6.08. The number of hydrogen-bond acceptors (Lipinski definition) is 6. The molecule has 9 heteroatoms. The number of carbonyl (C=O) groups excluding carboxylic acids is 4. The van der Waals surface area contributed by atoms with Crippen LogP contribution in [0.3, 0.4) is 0 Å². The number of anilines is 2. The van der Waals surface area contributed by atoms with E-state index in [1.54, 1.807) is 54.6 Å². The third-order valence-corrected chi connectivity index (χ3v) is 4.05. The lowest BCUT2D eigenvalue weighted by Gasteiger charge is -2.33. The van der Waals surface area contributed by atoms with Crippen LogP contribution >= 0.6 is 0 Å². The fraction of sp³-hybridized carbons (Fsp3) is 0.200. The first kappa shape index (κ1) is 19.9. The molecule has 1 aliphatic heterocycles. The summed E-state index contributed by atoms with van der Waals surface area (Å²) in [6, 6.07) is 14.6. The van der Waals surface area contributed by atoms with Gasteiger partial charge in [0.2, 0.25) is 12.0 Å². The van der Waals surface area contributed by atoms with Gasteiger partial charge in [-0.25, -0.2) is 9.59 Å². The van der Waals surface area contributed by atoms with Gasteiger partial charge in [0, 0.05) is 12.6 Å². The van der Waals surface area contributed by atoms with Gasteiger partial charge in [-0.2, -0.15) is 0 Å². The first-order valence-electron chi connectivity index (χ1n) is 8.80. The van der Waals surface area contributed by atoms with E-state index in [1.165, 1.54) is 11.8 Å². The van der Waals surface area contributed by atoms with Gasteiger partial charge in [-0.1, -0.05) is 30.3 Å². The molecule has 0 bridgehead atoms. The molecule has 1 heterocycles. The summed E-state index contributed by atoms with van der Waals surface area (Å²) in [5, 5.41) is 4.53. The Balaban J connectivity index is 1.52. The number of benzene rings is 2. The number of rotatable bonds is 4. The van der Waals surface area contributed by atoms with E-state index >= 15 is 0 Å². The fourth-order valence-corrected chi connectivity index (χ4v) is 2.73. The molecule has 0 aliphatic carbocycles. The normalized spacial score (nSPS) is 14.8. The molecule has 1 atom stereocenters. The summed E-state index contributed by atoms with van der Waals surface area (Å²) in [6.45, 7) is 0.674. The molecule has 0 radical (unpaired) electrons. The Morgan fingerprint density at radius 2 is 1.76 bits per heavy atom. The highest BCUT2D eigenvalue weighted by Gasteiger charge is 2.33. The topological polar surface area (TPSA) is 114 Å². The lowest BCUT2D eigenvalue weighted by atomic mass is 10.2. The Hall–Kier alpha value is -3.88. The first-order valence-corrected chi connectivity index (χ1v) is 8.80. The van der Waals surface area contributed by atoms with E-state index in [2.05, 4.69) is 10.6 Å². The molecule has 2 aromatic rings. The van der Waals surface area contributed by atoms with Crippen LogP contribution in [0.4, 0.5) is 16.2 Å². The van der Waals surface area contributed by atoms with Gasteiger partial charge in [-0.05, 0) is 24.3 Å². The van der Waals surface area contributed by atoms with Crippen molar-refractivity contribution in [3.63, 3.8) is 0 Å². The van der Waals surface area contributed by atoms with E-state index in [9.17, 15) is 19.2 Å². The SMILES string of the molecule is CC(=O)N1C[C@H](C(=O)OCC(=O)NC(=O)Nc2ccccc2)Oc2ccccc21. The quantitative estimate of drug-likeness (QED) is 0.759. The number of fused-ring (bicyclic) bond motifs is 1. The molecule has 0 saturated carbocycles. The Morgan fingerprint density at radius 1 is 1.07 bits per heavy atom. The minimum atomic E-state index is -1.08. The van der Waals surface area contributed by atoms with Crippen LogP contribution in [-0.2, 0) is 19.1 Å². The van der Waals surface area contributed by atoms with Crippen LogP contribution in [0.1, 0.15) is 6.92 Å². The molecule has 9 nitrogen and oxygen atoms in total. The van der Waals surface area contributed by atoms with Crippen molar-refractivity contribution in [3.8, 4) is 5.75 Å². The monoisotopic (exact) mass is 397 g/mol. The summed E-state index contributed by atoms with van der Waals surface area (Å²) in [5.41, 5.74) is 1.06. The van der Waals surface area contributed by atoms with Crippen molar-refractivity contribution in [2.45, 2.75) is 13.0 Å². The van der Waals surface area contributed by atoms with Crippen molar-refractivity contribution >= 4 is 35.2 Å². The van der Waals surface area contributed by atoms with Crippen LogP contribution in [-0.4, -0.2) is 43.1 Å². The van der Waals surface area contributed by atoms with Crippen LogP contribution < -0.4 is 20.3 Å². The molecule has 3 rings (SSSR count). The average Bonchev–Trinajstić information content (AvgIpc) is 2.71. The molecular formula is C20H19N3O6. The number of ether oxygens (including phenoxy) is 2. The van der Waals surface area contributed by atoms with Gasteiger partial charge in [0.05, 0.1) is 12.2 Å². The molecule has 0 unspecified atom stereocenters. The largest absolute Gasteiger partial charge is 0.475 e. The predicted octanol–water partition coefficient (Wildman–Crippen LogP) is 1.69. The summed E-state index contributed by atoms with van der Waals surface area (Å²) < 4.78 is 10.5. The van der Waals surface area contributed by atoms with Crippen LogP contribution in [0.5, 0.6) is 5.75 Å². The second kappa shape index (κ2) is 8.87. The maximum atomic E-state index is 12.3. The van der Waals surface area contributed by atoms with Gasteiger partial charge in [0.1, 0.15) is 5.75 Å². The number of amides is 4. The number of hydrogen-bond donors (Lipinski definition) is 2. The van der Waals surface area contributed by atoms with Gasteiger partial charge < -0.3 is 19.7 Å². The number of para-hydroxylation sites is 3. The molecule has 2 aromatic carbocycles. The minimum absolute atomic E-state index is 0.0404. The first-order chi connectivity index (χ1) is 13.9. The Bertz CT molecular complexity index is 931. The molecular weight excluding hydrogens is 378 g/mol. The van der Waals surface area contributed by atoms with E-state index in [1.807, 2.05) is 0 Å². The van der Waals surface area contributed by atoms with Crippen LogP contribution in [0.2, 0.25) is 0 Å². The zero-order valence-electron chi connectivity index (χ0n) is 15.6. The molecule has 0 saturated heterocycles. The third kappa shape index (κ3) is 5.10. The van der Waals surface area contributed by atoms with Crippen LogP contribution in [0, 0.1) is 0 Å². The van der Waals surface area contributed by atoms with E-state index in [4.69, 9.17) is 9.47 Å². The second-order valence-electron chi connectivity index (χ2n) is 6.18. The minimum Gasteiger partial charge on any atom is -0.475 e. The number of nitrogens with one attached hydrogen (secondary N) is 2. The maximum Gasteiger partial charge on any atom is 0.349 e.